The maximum Gasteiger partial charge on any atom is 0.316 e. The van der Waals surface area contributed by atoms with Crippen LogP contribution in [0.3, 0.4) is 0 Å². The zero-order valence-corrected chi connectivity index (χ0v) is 15.0. The van der Waals surface area contributed by atoms with E-state index in [1.165, 1.54) is 18.2 Å². The summed E-state index contributed by atoms with van der Waals surface area (Å²) in [6.07, 6.45) is 0. The van der Waals surface area contributed by atoms with Crippen molar-refractivity contribution in [2.75, 3.05) is 17.7 Å². The van der Waals surface area contributed by atoms with E-state index in [1.807, 2.05) is 0 Å². The molecule has 2 aromatic rings. The fourth-order valence-electron chi connectivity index (χ4n) is 1.81. The molecule has 0 aliphatic carbocycles. The van der Waals surface area contributed by atoms with Gasteiger partial charge in [-0.25, -0.2) is 0 Å². The molecule has 1 aromatic carbocycles. The molecule has 0 unspecified atom stereocenters. The third-order valence-corrected chi connectivity index (χ3v) is 4.85. The number of esters is 1. The summed E-state index contributed by atoms with van der Waals surface area (Å²) in [5, 5.41) is 21.3. The van der Waals surface area contributed by atoms with Crippen LogP contribution in [0.25, 0.3) is 0 Å². The lowest BCUT2D eigenvalue weighted by molar-refractivity contribution is -0.385. The number of nitrogens with one attached hydrogen (secondary N) is 1. The minimum Gasteiger partial charge on any atom is -0.465 e. The Kier molecular flexibility index (Phi) is 6.42. The van der Waals surface area contributed by atoms with Crippen molar-refractivity contribution >= 4 is 45.8 Å². The standard InChI is InChI=1S/C14H14N4O5S2/c1-3-23-11(19)7-24-14-17-16-13(25-14)15-12(20)9-4-5-10(18(21)22)8(2)6-9/h4-6H,3,7H2,1-2H3,(H,15,16,20). The number of carbonyl (C=O) groups excluding carboxylic acids is 2. The molecule has 1 heterocycles. The van der Waals surface area contributed by atoms with Gasteiger partial charge in [0.1, 0.15) is 0 Å². The second kappa shape index (κ2) is 8.53. The first kappa shape index (κ1) is 18.8. The summed E-state index contributed by atoms with van der Waals surface area (Å²) >= 11 is 2.28. The van der Waals surface area contributed by atoms with E-state index in [1.54, 1.807) is 13.8 Å². The van der Waals surface area contributed by atoms with Gasteiger partial charge in [-0.05, 0) is 26.0 Å². The number of rotatable bonds is 7. The van der Waals surface area contributed by atoms with E-state index in [9.17, 15) is 19.7 Å². The minimum atomic E-state index is -0.505. The highest BCUT2D eigenvalue weighted by atomic mass is 32.2. The van der Waals surface area contributed by atoms with Gasteiger partial charge in [-0.1, -0.05) is 23.1 Å². The molecule has 0 saturated heterocycles. The molecule has 1 aromatic heterocycles. The van der Waals surface area contributed by atoms with E-state index in [2.05, 4.69) is 15.5 Å². The number of hydrogen-bond acceptors (Lipinski definition) is 9. The van der Waals surface area contributed by atoms with Crippen LogP contribution in [-0.2, 0) is 9.53 Å². The van der Waals surface area contributed by atoms with Crippen molar-refractivity contribution in [1.82, 2.24) is 10.2 Å². The Morgan fingerprint density at radius 2 is 2.16 bits per heavy atom. The predicted octanol–water partition coefficient (Wildman–Crippen LogP) is 2.66. The molecule has 25 heavy (non-hydrogen) atoms. The lowest BCUT2D eigenvalue weighted by atomic mass is 10.1. The van der Waals surface area contributed by atoms with Gasteiger partial charge < -0.3 is 4.74 Å². The zero-order valence-electron chi connectivity index (χ0n) is 13.3. The Morgan fingerprint density at radius 1 is 1.40 bits per heavy atom. The van der Waals surface area contributed by atoms with Gasteiger partial charge in [0.25, 0.3) is 11.6 Å². The maximum atomic E-state index is 12.2. The number of amides is 1. The monoisotopic (exact) mass is 382 g/mol. The molecule has 0 radical (unpaired) electrons. The van der Waals surface area contributed by atoms with E-state index >= 15 is 0 Å². The highest BCUT2D eigenvalue weighted by molar-refractivity contribution is 8.01. The lowest BCUT2D eigenvalue weighted by Crippen LogP contribution is -2.12. The third-order valence-electron chi connectivity index (χ3n) is 2.90. The van der Waals surface area contributed by atoms with Crippen LogP contribution in [-0.4, -0.2) is 39.4 Å². The van der Waals surface area contributed by atoms with Crippen LogP contribution < -0.4 is 5.32 Å². The van der Waals surface area contributed by atoms with Crippen LogP contribution in [0.4, 0.5) is 10.8 Å². The van der Waals surface area contributed by atoms with E-state index in [4.69, 9.17) is 4.74 Å². The van der Waals surface area contributed by atoms with Crippen molar-refractivity contribution in [1.29, 1.82) is 0 Å². The molecular weight excluding hydrogens is 368 g/mol. The molecule has 0 aliphatic rings. The zero-order chi connectivity index (χ0) is 18.4. The van der Waals surface area contributed by atoms with Gasteiger partial charge in [0, 0.05) is 17.2 Å². The van der Waals surface area contributed by atoms with Gasteiger partial charge in [0.05, 0.1) is 17.3 Å². The van der Waals surface area contributed by atoms with Crippen molar-refractivity contribution in [3.8, 4) is 0 Å². The summed E-state index contributed by atoms with van der Waals surface area (Å²) in [5.74, 6) is -0.691. The Hall–Kier alpha value is -2.53. The number of thioether (sulfide) groups is 1. The summed E-state index contributed by atoms with van der Waals surface area (Å²) in [7, 11) is 0. The Balaban J connectivity index is 1.98. The number of hydrogen-bond donors (Lipinski definition) is 1. The first-order valence-electron chi connectivity index (χ1n) is 7.09. The Labute approximate surface area is 150 Å². The molecule has 2 rings (SSSR count). The van der Waals surface area contributed by atoms with Crippen molar-refractivity contribution in [2.24, 2.45) is 0 Å². The van der Waals surface area contributed by atoms with Crippen molar-refractivity contribution in [3.05, 3.63) is 39.4 Å². The van der Waals surface area contributed by atoms with E-state index < -0.39 is 10.8 Å². The van der Waals surface area contributed by atoms with Gasteiger partial charge in [-0.3, -0.25) is 25.0 Å². The van der Waals surface area contributed by atoms with Crippen molar-refractivity contribution in [2.45, 2.75) is 18.2 Å². The van der Waals surface area contributed by atoms with E-state index in [0.717, 1.165) is 23.1 Å². The highest BCUT2D eigenvalue weighted by Crippen LogP contribution is 2.26. The summed E-state index contributed by atoms with van der Waals surface area (Å²) in [4.78, 5) is 33.8. The predicted molar refractivity (Wildman–Crippen MR) is 93.1 cm³/mol. The number of nitro groups is 1. The number of benzene rings is 1. The average Bonchev–Trinajstić information content (AvgIpc) is 3.00. The molecule has 0 aliphatic heterocycles. The fraction of sp³-hybridized carbons (Fsp3) is 0.286. The number of carbonyl (C=O) groups is 2. The van der Waals surface area contributed by atoms with Crippen LogP contribution >= 0.6 is 23.1 Å². The Morgan fingerprint density at radius 3 is 2.80 bits per heavy atom. The second-order valence-electron chi connectivity index (χ2n) is 4.68. The number of nitro benzene ring substituents is 1. The Bertz CT molecular complexity index is 808. The van der Waals surface area contributed by atoms with Crippen molar-refractivity contribution in [3.63, 3.8) is 0 Å². The largest absolute Gasteiger partial charge is 0.465 e. The van der Waals surface area contributed by atoms with Gasteiger partial charge in [-0.2, -0.15) is 0 Å². The topological polar surface area (TPSA) is 124 Å². The van der Waals surface area contributed by atoms with E-state index in [0.29, 0.717) is 16.5 Å². The molecule has 9 nitrogen and oxygen atoms in total. The molecule has 0 spiro atoms. The number of anilines is 1. The summed E-state index contributed by atoms with van der Waals surface area (Å²) < 4.78 is 5.33. The first-order chi connectivity index (χ1) is 11.9. The molecule has 0 saturated carbocycles. The molecule has 11 heteroatoms. The highest BCUT2D eigenvalue weighted by Gasteiger charge is 2.16. The normalized spacial score (nSPS) is 10.3. The molecule has 1 N–H and O–H groups in total. The molecule has 0 bridgehead atoms. The van der Waals surface area contributed by atoms with Gasteiger partial charge in [0.2, 0.25) is 5.13 Å². The van der Waals surface area contributed by atoms with Crippen molar-refractivity contribution < 1.29 is 19.2 Å². The summed E-state index contributed by atoms with van der Waals surface area (Å²) in [5.41, 5.74) is 0.615. The molecule has 0 atom stereocenters. The molecular formula is C14H14N4O5S2. The van der Waals surface area contributed by atoms with Gasteiger partial charge >= 0.3 is 5.97 Å². The van der Waals surface area contributed by atoms with Crippen LogP contribution in [0.5, 0.6) is 0 Å². The number of nitrogens with zero attached hydrogens (tertiary/aromatic N) is 3. The summed E-state index contributed by atoms with van der Waals surface area (Å²) in [6.45, 7) is 3.59. The lowest BCUT2D eigenvalue weighted by Gasteiger charge is -2.03. The summed E-state index contributed by atoms with van der Waals surface area (Å²) in [6, 6.07) is 4.09. The quantitative estimate of drug-likeness (QED) is 0.255. The third kappa shape index (κ3) is 5.22. The number of ether oxygens (including phenoxy) is 1. The smallest absolute Gasteiger partial charge is 0.316 e. The second-order valence-corrected chi connectivity index (χ2v) is 6.88. The van der Waals surface area contributed by atoms with Gasteiger partial charge in [0.15, 0.2) is 4.34 Å². The SMILES string of the molecule is CCOC(=O)CSc1nnc(NC(=O)c2ccc([N+](=O)[O-])c(C)c2)s1. The van der Waals surface area contributed by atoms with Crippen LogP contribution in [0, 0.1) is 17.0 Å². The average molecular weight is 382 g/mol. The fourth-order valence-corrected chi connectivity index (χ4v) is 3.36. The molecule has 132 valence electrons. The number of aryl methyl sites for hydroxylation is 1. The van der Waals surface area contributed by atoms with E-state index in [-0.39, 0.29) is 28.1 Å². The van der Waals surface area contributed by atoms with Crippen LogP contribution in [0.15, 0.2) is 22.5 Å². The molecule has 0 fully saturated rings. The van der Waals surface area contributed by atoms with Gasteiger partial charge in [-0.15, -0.1) is 10.2 Å². The molecule has 1 amide bonds. The first-order valence-corrected chi connectivity index (χ1v) is 8.89. The van der Waals surface area contributed by atoms with Crippen LogP contribution in [0.1, 0.15) is 22.8 Å². The minimum absolute atomic E-state index is 0.0508. The maximum absolute atomic E-state index is 12.2. The van der Waals surface area contributed by atoms with Crippen LogP contribution in [0.2, 0.25) is 0 Å². The number of aromatic nitrogens is 2.